The van der Waals surface area contributed by atoms with Crippen molar-refractivity contribution in [2.45, 2.75) is 32.4 Å². The van der Waals surface area contributed by atoms with Crippen LogP contribution < -0.4 is 0 Å². The number of rotatable bonds is 4. The molecule has 0 fully saturated rings. The van der Waals surface area contributed by atoms with E-state index in [1.807, 2.05) is 47.3 Å². The largest absolute Gasteiger partial charge is 0.465 e. The first-order valence-electron chi connectivity index (χ1n) is 10.0. The van der Waals surface area contributed by atoms with Crippen LogP contribution in [0.4, 0.5) is 5.82 Å². The molecule has 3 heterocycles. The lowest BCUT2D eigenvalue weighted by atomic mass is 10.0. The number of hydrogen-bond acceptors (Lipinski definition) is 5. The Morgan fingerprint density at radius 3 is 2.45 bits per heavy atom. The Bertz CT molecular complexity index is 1070. The molecule has 0 N–H and O–H groups in total. The Kier molecular flexibility index (Phi) is 4.39. The van der Waals surface area contributed by atoms with Crippen LogP contribution in [-0.4, -0.2) is 39.2 Å². The summed E-state index contributed by atoms with van der Waals surface area (Å²) in [5.74, 6) is 1.64. The molecule has 6 nitrogen and oxygen atoms in total. The first-order chi connectivity index (χ1) is 14.3. The molecule has 146 valence electrons. The highest BCUT2D eigenvalue weighted by Gasteiger charge is 2.43. The number of benzene rings is 2. The lowest BCUT2D eigenvalue weighted by molar-refractivity contribution is 0.243. The molecule has 6 heteroatoms. The average molecular weight is 385 g/mol. The molecule has 0 amide bonds. The van der Waals surface area contributed by atoms with Gasteiger partial charge in [-0.2, -0.15) is 10.1 Å². The van der Waals surface area contributed by atoms with Crippen molar-refractivity contribution in [2.75, 3.05) is 6.61 Å². The summed E-state index contributed by atoms with van der Waals surface area (Å²) in [5.41, 5.74) is 3.10. The van der Waals surface area contributed by atoms with Crippen LogP contribution in [0.25, 0.3) is 5.69 Å². The molecule has 3 aromatic rings. The third kappa shape index (κ3) is 2.92. The van der Waals surface area contributed by atoms with Gasteiger partial charge < -0.3 is 4.74 Å². The molecule has 0 saturated heterocycles. The topological polar surface area (TPSA) is 55.0 Å². The second-order valence-electron chi connectivity index (χ2n) is 7.29. The van der Waals surface area contributed by atoms with Gasteiger partial charge in [0.05, 0.1) is 36.1 Å². The fourth-order valence-electron chi connectivity index (χ4n) is 3.96. The molecule has 0 radical (unpaired) electrons. The van der Waals surface area contributed by atoms with Crippen LogP contribution in [0.15, 0.2) is 76.8 Å². The minimum atomic E-state index is 0.0510. The van der Waals surface area contributed by atoms with Gasteiger partial charge in [-0.1, -0.05) is 55.5 Å². The third-order valence-electron chi connectivity index (χ3n) is 5.26. The van der Waals surface area contributed by atoms with Crippen LogP contribution in [0.2, 0.25) is 0 Å². The summed E-state index contributed by atoms with van der Waals surface area (Å²) in [7, 11) is 0. The summed E-state index contributed by atoms with van der Waals surface area (Å²) in [5, 5.41) is 4.61. The maximum atomic E-state index is 6.12. The summed E-state index contributed by atoms with van der Waals surface area (Å²) < 4.78 is 7.97. The molecule has 1 aromatic heterocycles. The number of aromatic nitrogens is 2. The number of amidine groups is 2. The van der Waals surface area contributed by atoms with Gasteiger partial charge >= 0.3 is 6.02 Å². The molecule has 2 aliphatic rings. The van der Waals surface area contributed by atoms with E-state index >= 15 is 0 Å². The molecule has 0 aliphatic carbocycles. The molecule has 0 saturated carbocycles. The molecule has 1 unspecified atom stereocenters. The SMILES string of the molecule is CCCOC1=Nc2c(cnn2-c2ccccc2)C2=N[C@@H](C)C(c3ccccc3)N12. The van der Waals surface area contributed by atoms with Crippen molar-refractivity contribution >= 4 is 17.7 Å². The van der Waals surface area contributed by atoms with Crippen molar-refractivity contribution in [3.63, 3.8) is 0 Å². The minimum absolute atomic E-state index is 0.0510. The summed E-state index contributed by atoms with van der Waals surface area (Å²) in [6, 6.07) is 21.2. The van der Waals surface area contributed by atoms with E-state index in [-0.39, 0.29) is 12.1 Å². The molecule has 2 aliphatic heterocycles. The predicted molar refractivity (Wildman–Crippen MR) is 114 cm³/mol. The Morgan fingerprint density at radius 2 is 1.72 bits per heavy atom. The maximum Gasteiger partial charge on any atom is 0.300 e. The van der Waals surface area contributed by atoms with E-state index in [1.165, 1.54) is 5.56 Å². The summed E-state index contributed by atoms with van der Waals surface area (Å²) in [6.07, 6.45) is 2.77. The van der Waals surface area contributed by atoms with Crippen LogP contribution in [0.1, 0.15) is 37.4 Å². The highest BCUT2D eigenvalue weighted by Crippen LogP contribution is 2.40. The van der Waals surface area contributed by atoms with Gasteiger partial charge in [0.15, 0.2) is 5.82 Å². The second kappa shape index (κ2) is 7.20. The van der Waals surface area contributed by atoms with Crippen LogP contribution >= 0.6 is 0 Å². The van der Waals surface area contributed by atoms with Gasteiger partial charge in [-0.15, -0.1) is 0 Å². The van der Waals surface area contributed by atoms with Gasteiger partial charge in [-0.05, 0) is 31.0 Å². The van der Waals surface area contributed by atoms with Crippen LogP contribution in [0.5, 0.6) is 0 Å². The van der Waals surface area contributed by atoms with Gasteiger partial charge in [0.1, 0.15) is 5.84 Å². The molecule has 0 spiro atoms. The normalized spacial score (nSPS) is 20.0. The van der Waals surface area contributed by atoms with Gasteiger partial charge in [0, 0.05) is 0 Å². The van der Waals surface area contributed by atoms with Crippen molar-refractivity contribution in [1.29, 1.82) is 0 Å². The fraction of sp³-hybridized carbons (Fsp3) is 0.261. The number of hydrogen-bond donors (Lipinski definition) is 0. The third-order valence-corrected chi connectivity index (χ3v) is 5.26. The number of para-hydroxylation sites is 1. The van der Waals surface area contributed by atoms with Crippen molar-refractivity contribution in [2.24, 2.45) is 9.98 Å². The Hall–Kier alpha value is -3.41. The summed E-state index contributed by atoms with van der Waals surface area (Å²) in [4.78, 5) is 12.0. The van der Waals surface area contributed by atoms with Crippen LogP contribution in [0, 0.1) is 0 Å². The Morgan fingerprint density at radius 1 is 1.00 bits per heavy atom. The van der Waals surface area contributed by atoms with Crippen molar-refractivity contribution in [3.8, 4) is 5.69 Å². The number of ether oxygens (including phenoxy) is 1. The lowest BCUT2D eigenvalue weighted by Crippen LogP contribution is -2.41. The molecule has 5 rings (SSSR count). The van der Waals surface area contributed by atoms with Gasteiger partial charge in [-0.3, -0.25) is 9.89 Å². The standard InChI is InChI=1S/C23H23N5O/c1-3-14-29-23-26-22-19(15-24-28(22)18-12-8-5-9-13-18)21-25-16(2)20(27(21)23)17-10-6-4-7-11-17/h4-13,15-16,20H,3,14H2,1-2H3/t16-,20?/m0/s1. The average Bonchev–Trinajstić information content (AvgIpc) is 3.34. The van der Waals surface area contributed by atoms with E-state index in [2.05, 4.69) is 48.1 Å². The monoisotopic (exact) mass is 385 g/mol. The number of aliphatic imine (C=N–C) groups is 2. The van der Waals surface area contributed by atoms with E-state index in [0.717, 1.165) is 29.3 Å². The first kappa shape index (κ1) is 17.7. The minimum Gasteiger partial charge on any atom is -0.465 e. The fourth-order valence-corrected chi connectivity index (χ4v) is 3.96. The Labute approximate surface area is 170 Å². The van der Waals surface area contributed by atoms with Crippen molar-refractivity contribution < 1.29 is 4.74 Å². The van der Waals surface area contributed by atoms with E-state index in [0.29, 0.717) is 12.6 Å². The number of nitrogens with zero attached hydrogens (tertiary/aromatic N) is 5. The first-order valence-corrected chi connectivity index (χ1v) is 10.0. The highest BCUT2D eigenvalue weighted by molar-refractivity contribution is 6.14. The lowest BCUT2D eigenvalue weighted by Gasteiger charge is -2.32. The zero-order valence-corrected chi connectivity index (χ0v) is 16.6. The van der Waals surface area contributed by atoms with E-state index in [9.17, 15) is 0 Å². The van der Waals surface area contributed by atoms with Gasteiger partial charge in [-0.25, -0.2) is 4.68 Å². The summed E-state index contributed by atoms with van der Waals surface area (Å²) in [6.45, 7) is 4.84. The van der Waals surface area contributed by atoms with E-state index in [4.69, 9.17) is 14.7 Å². The zero-order valence-electron chi connectivity index (χ0n) is 16.6. The quantitative estimate of drug-likeness (QED) is 0.665. The van der Waals surface area contributed by atoms with Gasteiger partial charge in [0.25, 0.3) is 0 Å². The van der Waals surface area contributed by atoms with Crippen LogP contribution in [0.3, 0.4) is 0 Å². The molecular formula is C23H23N5O. The molecular weight excluding hydrogens is 362 g/mol. The predicted octanol–water partition coefficient (Wildman–Crippen LogP) is 4.49. The highest BCUT2D eigenvalue weighted by atomic mass is 16.5. The molecule has 0 bridgehead atoms. The van der Waals surface area contributed by atoms with Gasteiger partial charge in [0.2, 0.25) is 0 Å². The molecule has 29 heavy (non-hydrogen) atoms. The second-order valence-corrected chi connectivity index (χ2v) is 7.29. The Balaban J connectivity index is 1.64. The smallest absolute Gasteiger partial charge is 0.300 e. The molecule has 2 atom stereocenters. The maximum absolute atomic E-state index is 6.12. The zero-order chi connectivity index (χ0) is 19.8. The molecule has 2 aromatic carbocycles. The van der Waals surface area contributed by atoms with Crippen molar-refractivity contribution in [3.05, 3.63) is 78.0 Å². The van der Waals surface area contributed by atoms with E-state index < -0.39 is 0 Å². The number of fused-ring (bicyclic) bond motifs is 3. The van der Waals surface area contributed by atoms with E-state index in [1.54, 1.807) is 0 Å². The van der Waals surface area contributed by atoms with Crippen molar-refractivity contribution in [1.82, 2.24) is 14.7 Å². The van der Waals surface area contributed by atoms with Crippen LogP contribution in [-0.2, 0) is 4.74 Å². The summed E-state index contributed by atoms with van der Waals surface area (Å²) >= 11 is 0.